The molecule has 0 atom stereocenters. The van der Waals surface area contributed by atoms with Crippen LogP contribution in [0.3, 0.4) is 0 Å². The second kappa shape index (κ2) is 5.94. The number of hydrogen-bond acceptors (Lipinski definition) is 4. The number of hydrogen-bond donors (Lipinski definition) is 1. The minimum absolute atomic E-state index is 0.117. The molecule has 5 heteroatoms. The van der Waals surface area contributed by atoms with E-state index in [0.717, 1.165) is 16.8 Å². The minimum atomic E-state index is -0.117. The Morgan fingerprint density at radius 2 is 1.91 bits per heavy atom. The van der Waals surface area contributed by atoms with Gasteiger partial charge < -0.3 is 5.11 Å². The molecule has 0 aliphatic carbocycles. The molecule has 0 spiro atoms. The highest BCUT2D eigenvalue weighted by atomic mass is 32.2. The summed E-state index contributed by atoms with van der Waals surface area (Å²) in [5, 5.41) is 9.31. The van der Waals surface area contributed by atoms with Gasteiger partial charge in [-0.1, -0.05) is 48.2 Å². The van der Waals surface area contributed by atoms with Gasteiger partial charge in [-0.15, -0.1) is 0 Å². The molecule has 1 aliphatic heterocycles. The Hall–Kier alpha value is -2.11. The van der Waals surface area contributed by atoms with Gasteiger partial charge in [0.2, 0.25) is 0 Å². The molecule has 1 N–H and O–H groups in total. The molecule has 0 bridgehead atoms. The van der Waals surface area contributed by atoms with Crippen LogP contribution in [0.1, 0.15) is 11.1 Å². The summed E-state index contributed by atoms with van der Waals surface area (Å²) in [6.07, 6.45) is 1.79. The van der Waals surface area contributed by atoms with Gasteiger partial charge in [0, 0.05) is 0 Å². The van der Waals surface area contributed by atoms with Crippen molar-refractivity contribution in [1.29, 1.82) is 0 Å². The molecule has 110 valence electrons. The van der Waals surface area contributed by atoms with Crippen molar-refractivity contribution in [1.82, 2.24) is 0 Å². The molecule has 1 saturated heterocycles. The Bertz CT molecular complexity index is 782. The van der Waals surface area contributed by atoms with Crippen molar-refractivity contribution in [3.8, 4) is 5.75 Å². The highest BCUT2D eigenvalue weighted by Crippen LogP contribution is 2.36. The van der Waals surface area contributed by atoms with Gasteiger partial charge in [-0.05, 0) is 48.4 Å². The summed E-state index contributed by atoms with van der Waals surface area (Å²) in [5.74, 6) is 0.0816. The largest absolute Gasteiger partial charge is 0.508 e. The normalized spacial score (nSPS) is 16.6. The second-order valence-electron chi connectivity index (χ2n) is 4.95. The lowest BCUT2D eigenvalue weighted by Crippen LogP contribution is -2.27. The smallest absolute Gasteiger partial charge is 0.270 e. The highest BCUT2D eigenvalue weighted by molar-refractivity contribution is 8.27. The fourth-order valence-electron chi connectivity index (χ4n) is 2.18. The van der Waals surface area contributed by atoms with E-state index in [9.17, 15) is 9.90 Å². The number of aromatic hydroxyl groups is 1. The van der Waals surface area contributed by atoms with Crippen LogP contribution in [-0.4, -0.2) is 15.3 Å². The van der Waals surface area contributed by atoms with Crippen molar-refractivity contribution in [2.75, 3.05) is 4.90 Å². The van der Waals surface area contributed by atoms with Crippen LogP contribution in [0.25, 0.3) is 6.08 Å². The predicted octanol–water partition coefficient (Wildman–Crippen LogP) is 4.11. The molecule has 0 saturated carbocycles. The summed E-state index contributed by atoms with van der Waals surface area (Å²) in [7, 11) is 0. The third-order valence-electron chi connectivity index (χ3n) is 3.24. The van der Waals surface area contributed by atoms with Crippen LogP contribution in [0.15, 0.2) is 53.4 Å². The molecule has 0 unspecified atom stereocenters. The number of nitrogens with zero attached hydrogens (tertiary/aromatic N) is 1. The Morgan fingerprint density at radius 3 is 2.59 bits per heavy atom. The fourth-order valence-corrected chi connectivity index (χ4v) is 3.48. The standard InChI is InChI=1S/C17H13NO2S2/c1-11-3-2-4-13(9-11)18-16(20)15(22-17(18)21)10-12-5-7-14(19)8-6-12/h2-10,19H,1H3/b15-10-. The van der Waals surface area contributed by atoms with Gasteiger partial charge in [0.1, 0.15) is 5.75 Å². The summed E-state index contributed by atoms with van der Waals surface area (Å²) in [6, 6.07) is 14.4. The summed E-state index contributed by atoms with van der Waals surface area (Å²) >= 11 is 6.63. The maximum absolute atomic E-state index is 12.6. The van der Waals surface area contributed by atoms with Crippen LogP contribution < -0.4 is 4.90 Å². The highest BCUT2D eigenvalue weighted by Gasteiger charge is 2.33. The molecule has 3 nitrogen and oxygen atoms in total. The van der Waals surface area contributed by atoms with Crippen LogP contribution in [0, 0.1) is 6.92 Å². The molecule has 2 aromatic carbocycles. The first kappa shape index (κ1) is 14.8. The number of anilines is 1. The van der Waals surface area contributed by atoms with Crippen molar-refractivity contribution >= 4 is 46.0 Å². The lowest BCUT2D eigenvalue weighted by molar-refractivity contribution is -0.113. The number of rotatable bonds is 2. The van der Waals surface area contributed by atoms with E-state index in [1.54, 1.807) is 35.2 Å². The maximum Gasteiger partial charge on any atom is 0.270 e. The fraction of sp³-hybridized carbons (Fsp3) is 0.0588. The molecule has 1 aliphatic rings. The van der Waals surface area contributed by atoms with Crippen LogP contribution >= 0.6 is 24.0 Å². The van der Waals surface area contributed by atoms with Crippen LogP contribution in [-0.2, 0) is 4.79 Å². The number of carbonyl (C=O) groups excluding carboxylic acids is 1. The van der Waals surface area contributed by atoms with Gasteiger partial charge in [-0.3, -0.25) is 9.69 Å². The summed E-state index contributed by atoms with van der Waals surface area (Å²) in [6.45, 7) is 1.98. The summed E-state index contributed by atoms with van der Waals surface area (Å²) in [5.41, 5.74) is 2.72. The molecule has 1 fully saturated rings. The van der Waals surface area contributed by atoms with E-state index in [4.69, 9.17) is 12.2 Å². The van der Waals surface area contributed by atoms with Crippen LogP contribution in [0.2, 0.25) is 0 Å². The van der Waals surface area contributed by atoms with Crippen LogP contribution in [0.5, 0.6) is 5.75 Å². The van der Waals surface area contributed by atoms with Crippen molar-refractivity contribution < 1.29 is 9.90 Å². The Labute approximate surface area is 138 Å². The zero-order valence-electron chi connectivity index (χ0n) is 11.8. The molecule has 3 rings (SSSR count). The number of carbonyl (C=O) groups is 1. The Balaban J connectivity index is 1.93. The van der Waals surface area contributed by atoms with E-state index in [1.165, 1.54) is 11.8 Å². The monoisotopic (exact) mass is 327 g/mol. The first-order chi connectivity index (χ1) is 10.5. The third-order valence-corrected chi connectivity index (χ3v) is 4.55. The minimum Gasteiger partial charge on any atom is -0.508 e. The van der Waals surface area contributed by atoms with Crippen molar-refractivity contribution in [3.05, 3.63) is 64.6 Å². The second-order valence-corrected chi connectivity index (χ2v) is 6.62. The van der Waals surface area contributed by atoms with Gasteiger partial charge in [0.15, 0.2) is 4.32 Å². The molecule has 2 aromatic rings. The van der Waals surface area contributed by atoms with Crippen LogP contribution in [0.4, 0.5) is 5.69 Å². The lowest BCUT2D eigenvalue weighted by atomic mass is 10.2. The average Bonchev–Trinajstić information content (AvgIpc) is 2.76. The topological polar surface area (TPSA) is 40.5 Å². The first-order valence-electron chi connectivity index (χ1n) is 6.68. The Morgan fingerprint density at radius 1 is 1.18 bits per heavy atom. The molecule has 22 heavy (non-hydrogen) atoms. The zero-order valence-corrected chi connectivity index (χ0v) is 13.4. The van der Waals surface area contributed by atoms with E-state index in [1.807, 2.05) is 31.2 Å². The average molecular weight is 327 g/mol. The number of amides is 1. The van der Waals surface area contributed by atoms with Gasteiger partial charge in [0.25, 0.3) is 5.91 Å². The summed E-state index contributed by atoms with van der Waals surface area (Å²) in [4.78, 5) is 14.7. The van der Waals surface area contributed by atoms with E-state index >= 15 is 0 Å². The number of thiocarbonyl (C=S) groups is 1. The zero-order chi connectivity index (χ0) is 15.7. The molecular weight excluding hydrogens is 314 g/mol. The number of phenols is 1. The van der Waals surface area contributed by atoms with E-state index in [0.29, 0.717) is 9.23 Å². The maximum atomic E-state index is 12.6. The first-order valence-corrected chi connectivity index (χ1v) is 7.91. The van der Waals surface area contributed by atoms with Crippen molar-refractivity contribution in [2.45, 2.75) is 6.92 Å². The van der Waals surface area contributed by atoms with Gasteiger partial charge >= 0.3 is 0 Å². The molecule has 1 amide bonds. The quantitative estimate of drug-likeness (QED) is 0.666. The molecule has 0 radical (unpaired) electrons. The van der Waals surface area contributed by atoms with Gasteiger partial charge in [-0.25, -0.2) is 0 Å². The lowest BCUT2D eigenvalue weighted by Gasteiger charge is -2.14. The summed E-state index contributed by atoms with van der Waals surface area (Å²) < 4.78 is 0.528. The van der Waals surface area contributed by atoms with E-state index in [2.05, 4.69) is 0 Å². The van der Waals surface area contributed by atoms with E-state index in [-0.39, 0.29) is 11.7 Å². The van der Waals surface area contributed by atoms with Gasteiger partial charge in [0.05, 0.1) is 10.6 Å². The predicted molar refractivity (Wildman–Crippen MR) is 94.9 cm³/mol. The number of aryl methyl sites for hydroxylation is 1. The SMILES string of the molecule is Cc1cccc(N2C(=O)/C(=C/c3ccc(O)cc3)SC2=S)c1. The number of thioether (sulfide) groups is 1. The Kier molecular flexibility index (Phi) is 4.00. The van der Waals surface area contributed by atoms with E-state index < -0.39 is 0 Å². The molecular formula is C17H13NO2S2. The van der Waals surface area contributed by atoms with Crippen molar-refractivity contribution in [3.63, 3.8) is 0 Å². The van der Waals surface area contributed by atoms with Gasteiger partial charge in [-0.2, -0.15) is 0 Å². The van der Waals surface area contributed by atoms with Crippen molar-refractivity contribution in [2.24, 2.45) is 0 Å². The number of phenolic OH excluding ortho intramolecular Hbond substituents is 1. The third kappa shape index (κ3) is 2.91. The molecule has 0 aromatic heterocycles. The molecule has 1 heterocycles. The number of benzene rings is 2.